The molecule has 2 aliphatic rings. The maximum Gasteiger partial charge on any atom is 0.322 e. The van der Waals surface area contributed by atoms with Gasteiger partial charge >= 0.3 is 12.0 Å². The number of nitrogens with one attached hydrogen (secondary N) is 1. The minimum absolute atomic E-state index is 0.0745. The topological polar surface area (TPSA) is 74.8 Å². The third-order valence-electron chi connectivity index (χ3n) is 7.70. The van der Waals surface area contributed by atoms with E-state index in [2.05, 4.69) is 27.0 Å². The predicted molar refractivity (Wildman–Crippen MR) is 157 cm³/mol. The van der Waals surface area contributed by atoms with Crippen LogP contribution in [0, 0.1) is 34.8 Å². The average Bonchev–Trinajstić information content (AvgIpc) is 3.39. The summed E-state index contributed by atoms with van der Waals surface area (Å²) in [7, 11) is 1.96. The first-order chi connectivity index (χ1) is 20.0. The molecule has 9 heteroatoms. The Bertz CT molecular complexity index is 1540. The molecule has 0 aliphatic carbocycles. The number of benzene rings is 2. The molecule has 3 aromatic rings. The number of aromatic nitrogens is 1. The van der Waals surface area contributed by atoms with Gasteiger partial charge in [0.05, 0.1) is 24.2 Å². The molecule has 0 bridgehead atoms. The highest BCUT2D eigenvalue weighted by molar-refractivity contribution is 5.90. The molecule has 7 nitrogen and oxygen atoms in total. The van der Waals surface area contributed by atoms with Gasteiger partial charge in [-0.1, -0.05) is 32.6 Å². The molecule has 0 spiro atoms. The predicted octanol–water partition coefficient (Wildman–Crippen LogP) is 6.15. The Morgan fingerprint density at radius 1 is 1.10 bits per heavy atom. The van der Waals surface area contributed by atoms with Crippen molar-refractivity contribution in [3.63, 3.8) is 0 Å². The van der Waals surface area contributed by atoms with Gasteiger partial charge < -0.3 is 19.9 Å². The number of hydrogen-bond acceptors (Lipinski definition) is 5. The second-order valence-corrected chi connectivity index (χ2v) is 12.0. The molecule has 2 aliphatic heterocycles. The number of urea groups is 1. The summed E-state index contributed by atoms with van der Waals surface area (Å²) in [6.07, 6.45) is 4.31. The fraction of sp³-hybridized carbons (Fsp3) is 0.364. The lowest BCUT2D eigenvalue weighted by Gasteiger charge is -2.44. The number of carbonyl (C=O) groups excluding carboxylic acids is 2. The lowest BCUT2D eigenvalue weighted by atomic mass is 9.81. The van der Waals surface area contributed by atoms with Crippen LogP contribution in [0.2, 0.25) is 0 Å². The Kier molecular flexibility index (Phi) is 8.17. The summed E-state index contributed by atoms with van der Waals surface area (Å²) in [5.74, 6) is 4.60. The molecule has 0 unspecified atom stereocenters. The van der Waals surface area contributed by atoms with Crippen molar-refractivity contribution in [2.75, 3.05) is 30.4 Å². The zero-order valence-electron chi connectivity index (χ0n) is 24.2. The summed E-state index contributed by atoms with van der Waals surface area (Å²) in [4.78, 5) is 34.0. The van der Waals surface area contributed by atoms with Gasteiger partial charge in [-0.15, -0.1) is 0 Å². The van der Waals surface area contributed by atoms with Crippen molar-refractivity contribution < 1.29 is 23.1 Å². The van der Waals surface area contributed by atoms with Gasteiger partial charge in [-0.2, -0.15) is 0 Å². The van der Waals surface area contributed by atoms with Crippen LogP contribution in [0.15, 0.2) is 60.9 Å². The van der Waals surface area contributed by atoms with Crippen molar-refractivity contribution in [3.05, 3.63) is 89.2 Å². The normalized spacial score (nSPS) is 19.3. The van der Waals surface area contributed by atoms with E-state index in [0.29, 0.717) is 19.4 Å². The van der Waals surface area contributed by atoms with Gasteiger partial charge in [0.1, 0.15) is 18.2 Å². The molecule has 3 heterocycles. The van der Waals surface area contributed by atoms with E-state index in [0.717, 1.165) is 40.6 Å². The summed E-state index contributed by atoms with van der Waals surface area (Å²) in [6, 6.07) is 11.4. The van der Waals surface area contributed by atoms with Crippen LogP contribution in [0.1, 0.15) is 56.3 Å². The first-order valence-corrected chi connectivity index (χ1v) is 14.0. The van der Waals surface area contributed by atoms with Gasteiger partial charge in [-0.05, 0) is 59.9 Å². The average molecular weight is 573 g/mol. The molecule has 0 radical (unpaired) electrons. The Balaban J connectivity index is 1.48. The number of esters is 1. The van der Waals surface area contributed by atoms with E-state index in [1.165, 1.54) is 0 Å². The number of nitrogens with zero attached hydrogens (tertiary/aromatic N) is 3. The Hall–Kier alpha value is -4.45. The molecule has 1 N–H and O–H groups in total. The minimum atomic E-state index is -0.721. The third-order valence-corrected chi connectivity index (χ3v) is 7.70. The largest absolute Gasteiger partial charge is 0.463 e. The van der Waals surface area contributed by atoms with Gasteiger partial charge in [0.15, 0.2) is 0 Å². The standard InChI is InChI=1S/C33H34F2N4O3/c1-33(2,3)18-30(40)42-20-29-24-13-15-39(32(41)37-27-17-23(34)10-11-26(27)35)31(24)25-16-21(9-12-28(25)38(29)4)7-8-22-6-5-14-36-19-22/h5-6,9-12,14,16-17,19,24,29,31H,13,15,18,20H2,1-4H3,(H,37,41)/t24-,29+,31-/m1/s1. The molecule has 3 atom stereocenters. The first-order valence-electron chi connectivity index (χ1n) is 14.0. The van der Waals surface area contributed by atoms with Crippen LogP contribution in [0.25, 0.3) is 0 Å². The Morgan fingerprint density at radius 2 is 1.88 bits per heavy atom. The summed E-state index contributed by atoms with van der Waals surface area (Å²) >= 11 is 0. The molecule has 1 aromatic heterocycles. The van der Waals surface area contributed by atoms with Gasteiger partial charge in [0, 0.05) is 54.8 Å². The molecular formula is C33H34F2N4O3. The molecule has 1 fully saturated rings. The highest BCUT2D eigenvalue weighted by Crippen LogP contribution is 2.49. The van der Waals surface area contributed by atoms with E-state index in [4.69, 9.17) is 4.74 Å². The van der Waals surface area contributed by atoms with Crippen LogP contribution < -0.4 is 10.2 Å². The van der Waals surface area contributed by atoms with Crippen molar-refractivity contribution in [1.29, 1.82) is 0 Å². The number of anilines is 2. The second-order valence-electron chi connectivity index (χ2n) is 12.0. The van der Waals surface area contributed by atoms with Crippen LogP contribution in [-0.4, -0.2) is 48.1 Å². The maximum absolute atomic E-state index is 14.4. The fourth-order valence-corrected chi connectivity index (χ4v) is 5.76. The monoisotopic (exact) mass is 572 g/mol. The molecule has 5 rings (SSSR count). The van der Waals surface area contributed by atoms with Gasteiger partial charge in [0.2, 0.25) is 0 Å². The number of amides is 2. The number of hydrogen-bond donors (Lipinski definition) is 1. The van der Waals surface area contributed by atoms with Crippen LogP contribution >= 0.6 is 0 Å². The first kappa shape index (κ1) is 29.1. The molecule has 1 saturated heterocycles. The summed E-state index contributed by atoms with van der Waals surface area (Å²) in [5.41, 5.74) is 2.90. The maximum atomic E-state index is 14.4. The van der Waals surface area contributed by atoms with Crippen molar-refractivity contribution in [1.82, 2.24) is 9.88 Å². The number of fused-ring (bicyclic) bond motifs is 3. The van der Waals surface area contributed by atoms with E-state index < -0.39 is 17.7 Å². The van der Waals surface area contributed by atoms with Crippen molar-refractivity contribution in [2.45, 2.75) is 45.7 Å². The number of rotatable bonds is 4. The molecule has 2 aromatic carbocycles. The highest BCUT2D eigenvalue weighted by Gasteiger charge is 2.48. The minimum Gasteiger partial charge on any atom is -0.463 e. The number of likely N-dealkylation sites (N-methyl/N-ethyl adjacent to an activating group) is 1. The summed E-state index contributed by atoms with van der Waals surface area (Å²) in [6.45, 7) is 6.51. The van der Waals surface area contributed by atoms with E-state index in [-0.39, 0.29) is 41.7 Å². The molecular weight excluding hydrogens is 538 g/mol. The fourth-order valence-electron chi connectivity index (χ4n) is 5.76. The quantitative estimate of drug-likeness (QED) is 0.300. The van der Waals surface area contributed by atoms with Crippen molar-refractivity contribution in [3.8, 4) is 11.8 Å². The Morgan fingerprint density at radius 3 is 2.62 bits per heavy atom. The van der Waals surface area contributed by atoms with Gasteiger partial charge in [-0.3, -0.25) is 9.78 Å². The van der Waals surface area contributed by atoms with Crippen molar-refractivity contribution in [2.24, 2.45) is 11.3 Å². The summed E-state index contributed by atoms with van der Waals surface area (Å²) in [5, 5.41) is 2.56. The van der Waals surface area contributed by atoms with Gasteiger partial charge in [0.25, 0.3) is 0 Å². The lowest BCUT2D eigenvalue weighted by molar-refractivity contribution is -0.146. The molecule has 0 saturated carbocycles. The van der Waals surface area contributed by atoms with Crippen LogP contribution in [0.5, 0.6) is 0 Å². The third kappa shape index (κ3) is 6.38. The summed E-state index contributed by atoms with van der Waals surface area (Å²) < 4.78 is 34.0. The number of pyridine rings is 1. The van der Waals surface area contributed by atoms with Crippen molar-refractivity contribution >= 4 is 23.4 Å². The van der Waals surface area contributed by atoms with E-state index >= 15 is 0 Å². The lowest BCUT2D eigenvalue weighted by Crippen LogP contribution is -2.49. The van der Waals surface area contributed by atoms with Crippen LogP contribution in [-0.2, 0) is 9.53 Å². The number of carbonyl (C=O) groups is 2. The molecule has 42 heavy (non-hydrogen) atoms. The SMILES string of the molecule is CN1c2ccc(C#Cc3cccnc3)cc2[C@H]2[C@H](CCN2C(=O)Nc2cc(F)ccc2F)[C@@H]1COC(=O)CC(C)(C)C. The zero-order valence-corrected chi connectivity index (χ0v) is 24.2. The van der Waals surface area contributed by atoms with E-state index in [1.807, 2.05) is 58.2 Å². The van der Waals surface area contributed by atoms with E-state index in [1.54, 1.807) is 17.3 Å². The van der Waals surface area contributed by atoms with Crippen LogP contribution in [0.4, 0.5) is 25.0 Å². The van der Waals surface area contributed by atoms with E-state index in [9.17, 15) is 18.4 Å². The second kappa shape index (κ2) is 11.8. The van der Waals surface area contributed by atoms with Gasteiger partial charge in [-0.25, -0.2) is 13.6 Å². The number of likely N-dealkylation sites (tertiary alicyclic amines) is 1. The number of halogens is 2. The smallest absolute Gasteiger partial charge is 0.322 e. The molecule has 218 valence electrons. The highest BCUT2D eigenvalue weighted by atomic mass is 19.1. The number of ether oxygens (including phenoxy) is 1. The molecule has 2 amide bonds. The van der Waals surface area contributed by atoms with Crippen LogP contribution in [0.3, 0.4) is 0 Å². The Labute approximate surface area is 244 Å². The zero-order chi connectivity index (χ0) is 30.0.